The second-order valence-corrected chi connectivity index (χ2v) is 6.08. The molecule has 0 amide bonds. The number of aliphatic hydroxyl groups excluding tert-OH is 1. The van der Waals surface area contributed by atoms with Gasteiger partial charge in [0.15, 0.2) is 0 Å². The zero-order valence-electron chi connectivity index (χ0n) is 12.9. The summed E-state index contributed by atoms with van der Waals surface area (Å²) in [5.41, 5.74) is 0.394. The fraction of sp³-hybridized carbons (Fsp3) is 0.643. The predicted octanol–water partition coefficient (Wildman–Crippen LogP) is 1.44. The van der Waals surface area contributed by atoms with E-state index < -0.39 is 24.4 Å². The van der Waals surface area contributed by atoms with Crippen LogP contribution in [0.4, 0.5) is 0 Å². The average molecular weight is 279 g/mol. The Bertz CT molecular complexity index is 486. The molecule has 0 aliphatic carbocycles. The largest absolute Gasteiger partial charge is 0.498 e. The van der Waals surface area contributed by atoms with Gasteiger partial charge in [0, 0.05) is 11.7 Å². The fourth-order valence-corrected chi connectivity index (χ4v) is 2.16. The second kappa shape index (κ2) is 5.02. The van der Waals surface area contributed by atoms with Gasteiger partial charge < -0.3 is 19.2 Å². The first-order valence-electron chi connectivity index (χ1n) is 6.76. The van der Waals surface area contributed by atoms with Crippen LogP contribution in [0.15, 0.2) is 12.3 Å². The minimum atomic E-state index is -0.715. The van der Waals surface area contributed by atoms with Gasteiger partial charge in [-0.05, 0) is 40.7 Å². The number of hydrogen-bond donors (Lipinski definition) is 1. The summed E-state index contributed by atoms with van der Waals surface area (Å²) < 4.78 is 17.4. The average Bonchev–Trinajstić information content (AvgIpc) is 2.57. The van der Waals surface area contributed by atoms with E-state index in [0.29, 0.717) is 11.4 Å². The van der Waals surface area contributed by atoms with Crippen molar-refractivity contribution in [3.8, 4) is 5.75 Å². The Morgan fingerprint density at radius 3 is 2.25 bits per heavy atom. The molecular weight excluding hydrogens is 257 g/mol. The zero-order chi connectivity index (χ0) is 15.1. The SMILES string of the molecule is COc1c(B2OC(C)(C)C(C)(C)O2)ccnc1C(C)O. The lowest BCUT2D eigenvalue weighted by atomic mass is 9.78. The second-order valence-electron chi connectivity index (χ2n) is 6.08. The number of methoxy groups -OCH3 is 1. The standard InChI is InChI=1S/C14H22BNO4/c1-9(17)11-12(18-6)10(7-8-16-11)15-19-13(2,3)14(4,5)20-15/h7-9,17H,1-6H3. The molecular formula is C14H22BNO4. The van der Waals surface area contributed by atoms with Crippen molar-refractivity contribution in [1.82, 2.24) is 4.98 Å². The number of aromatic nitrogens is 1. The normalized spacial score (nSPS) is 21.9. The van der Waals surface area contributed by atoms with E-state index in [2.05, 4.69) is 4.98 Å². The van der Waals surface area contributed by atoms with Crippen molar-refractivity contribution < 1.29 is 19.2 Å². The Kier molecular flexibility index (Phi) is 3.84. The molecule has 2 rings (SSSR count). The summed E-state index contributed by atoms with van der Waals surface area (Å²) in [6.07, 6.45) is 0.914. The Balaban J connectivity index is 2.43. The van der Waals surface area contributed by atoms with Gasteiger partial charge in [-0.15, -0.1) is 0 Å². The van der Waals surface area contributed by atoms with Crippen molar-refractivity contribution in [3.63, 3.8) is 0 Å². The summed E-state index contributed by atoms with van der Waals surface area (Å²) >= 11 is 0. The highest BCUT2D eigenvalue weighted by atomic mass is 16.7. The van der Waals surface area contributed by atoms with Gasteiger partial charge in [-0.2, -0.15) is 0 Å². The lowest BCUT2D eigenvalue weighted by molar-refractivity contribution is 0.00578. The molecule has 1 unspecified atom stereocenters. The number of ether oxygens (including phenoxy) is 1. The van der Waals surface area contributed by atoms with Crippen LogP contribution in [0.25, 0.3) is 0 Å². The van der Waals surface area contributed by atoms with Crippen LogP contribution in [-0.2, 0) is 9.31 Å². The number of pyridine rings is 1. The van der Waals surface area contributed by atoms with Crippen molar-refractivity contribution in [1.29, 1.82) is 0 Å². The minimum absolute atomic E-state index is 0.420. The van der Waals surface area contributed by atoms with Crippen LogP contribution < -0.4 is 10.2 Å². The molecule has 1 saturated heterocycles. The summed E-state index contributed by atoms with van der Waals surface area (Å²) in [4.78, 5) is 4.17. The van der Waals surface area contributed by atoms with Gasteiger partial charge >= 0.3 is 7.12 Å². The van der Waals surface area contributed by atoms with E-state index in [1.54, 1.807) is 26.3 Å². The molecule has 0 saturated carbocycles. The Hall–Kier alpha value is -1.11. The van der Waals surface area contributed by atoms with E-state index in [-0.39, 0.29) is 0 Å². The number of hydrogen-bond acceptors (Lipinski definition) is 5. The van der Waals surface area contributed by atoms with Crippen molar-refractivity contribution in [3.05, 3.63) is 18.0 Å². The van der Waals surface area contributed by atoms with Crippen LogP contribution >= 0.6 is 0 Å². The lowest BCUT2D eigenvalue weighted by Crippen LogP contribution is -2.41. The fourth-order valence-electron chi connectivity index (χ4n) is 2.16. The van der Waals surface area contributed by atoms with Gasteiger partial charge in [0.1, 0.15) is 11.4 Å². The Labute approximate surface area is 120 Å². The maximum Gasteiger partial charge on any atom is 0.498 e. The van der Waals surface area contributed by atoms with E-state index in [4.69, 9.17) is 14.0 Å². The van der Waals surface area contributed by atoms with E-state index in [9.17, 15) is 5.11 Å². The van der Waals surface area contributed by atoms with Gasteiger partial charge in [0.25, 0.3) is 0 Å². The first-order valence-corrected chi connectivity index (χ1v) is 6.76. The third-order valence-corrected chi connectivity index (χ3v) is 4.07. The summed E-state index contributed by atoms with van der Waals surface area (Å²) in [6, 6.07) is 1.80. The highest BCUT2D eigenvalue weighted by Gasteiger charge is 2.52. The molecule has 110 valence electrons. The molecule has 1 fully saturated rings. The summed E-state index contributed by atoms with van der Waals surface area (Å²) in [5, 5.41) is 9.78. The third kappa shape index (κ3) is 2.43. The molecule has 1 aromatic heterocycles. The first-order chi connectivity index (χ1) is 9.19. The van der Waals surface area contributed by atoms with E-state index in [0.717, 1.165) is 5.46 Å². The molecule has 0 aromatic carbocycles. The zero-order valence-corrected chi connectivity index (χ0v) is 12.9. The van der Waals surface area contributed by atoms with Crippen LogP contribution in [0.5, 0.6) is 5.75 Å². The predicted molar refractivity (Wildman–Crippen MR) is 77.1 cm³/mol. The molecule has 1 aliphatic rings. The Morgan fingerprint density at radius 2 is 1.80 bits per heavy atom. The van der Waals surface area contributed by atoms with Gasteiger partial charge in [-0.1, -0.05) is 0 Å². The van der Waals surface area contributed by atoms with Crippen molar-refractivity contribution >= 4 is 12.6 Å². The van der Waals surface area contributed by atoms with E-state index in [1.807, 2.05) is 27.7 Å². The van der Waals surface area contributed by atoms with Crippen LogP contribution in [0.3, 0.4) is 0 Å². The number of nitrogens with zero attached hydrogens (tertiary/aromatic N) is 1. The molecule has 1 N–H and O–H groups in total. The quantitative estimate of drug-likeness (QED) is 0.848. The summed E-state index contributed by atoms with van der Waals surface area (Å²) in [6.45, 7) is 9.64. The van der Waals surface area contributed by atoms with Crippen molar-refractivity contribution in [2.75, 3.05) is 7.11 Å². The van der Waals surface area contributed by atoms with Gasteiger partial charge in [0.2, 0.25) is 0 Å². The number of rotatable bonds is 3. The number of aliphatic hydroxyl groups is 1. The van der Waals surface area contributed by atoms with E-state index in [1.165, 1.54) is 0 Å². The van der Waals surface area contributed by atoms with Crippen LogP contribution in [0.1, 0.15) is 46.4 Å². The van der Waals surface area contributed by atoms with Gasteiger partial charge in [-0.25, -0.2) is 0 Å². The van der Waals surface area contributed by atoms with Crippen LogP contribution in [0.2, 0.25) is 0 Å². The monoisotopic (exact) mass is 279 g/mol. The van der Waals surface area contributed by atoms with Crippen LogP contribution in [-0.4, -0.2) is 35.5 Å². The third-order valence-electron chi connectivity index (χ3n) is 4.07. The molecule has 0 bridgehead atoms. The van der Waals surface area contributed by atoms with Crippen molar-refractivity contribution in [2.45, 2.75) is 51.9 Å². The molecule has 20 heavy (non-hydrogen) atoms. The van der Waals surface area contributed by atoms with Gasteiger partial charge in [-0.3, -0.25) is 4.98 Å². The molecule has 2 heterocycles. The van der Waals surface area contributed by atoms with Gasteiger partial charge in [0.05, 0.1) is 24.4 Å². The topological polar surface area (TPSA) is 60.8 Å². The molecule has 1 atom stereocenters. The molecule has 1 aliphatic heterocycles. The highest BCUT2D eigenvalue weighted by molar-refractivity contribution is 6.63. The Morgan fingerprint density at radius 1 is 1.25 bits per heavy atom. The summed E-state index contributed by atoms with van der Waals surface area (Å²) in [7, 11) is 1.02. The lowest BCUT2D eigenvalue weighted by Gasteiger charge is -2.32. The maximum atomic E-state index is 9.78. The highest BCUT2D eigenvalue weighted by Crippen LogP contribution is 2.37. The van der Waals surface area contributed by atoms with Crippen LogP contribution in [0, 0.1) is 0 Å². The van der Waals surface area contributed by atoms with E-state index >= 15 is 0 Å². The summed E-state index contributed by atoms with van der Waals surface area (Å²) in [5.74, 6) is 0.515. The molecule has 0 radical (unpaired) electrons. The molecule has 5 nitrogen and oxygen atoms in total. The molecule has 6 heteroatoms. The smallest absolute Gasteiger partial charge is 0.495 e. The minimum Gasteiger partial charge on any atom is -0.495 e. The molecule has 1 aromatic rings. The maximum absolute atomic E-state index is 9.78. The van der Waals surface area contributed by atoms with Crippen molar-refractivity contribution in [2.24, 2.45) is 0 Å². The first kappa shape index (κ1) is 15.3. The molecule has 0 spiro atoms.